The zero-order valence-electron chi connectivity index (χ0n) is 18.4. The third-order valence-corrected chi connectivity index (χ3v) is 11.1. The van der Waals surface area contributed by atoms with E-state index in [-0.39, 0.29) is 15.8 Å². The molecule has 4 rings (SSSR count). The van der Waals surface area contributed by atoms with Crippen LogP contribution in [0.5, 0.6) is 0 Å². The van der Waals surface area contributed by atoms with Gasteiger partial charge in [-0.15, -0.1) is 23.1 Å². The summed E-state index contributed by atoms with van der Waals surface area (Å²) >= 11 is 5.57. The molecule has 6 atom stereocenters. The second kappa shape index (κ2) is 10.9. The highest BCUT2D eigenvalue weighted by Gasteiger charge is 2.43. The molecule has 1 saturated heterocycles. The fourth-order valence-corrected chi connectivity index (χ4v) is 8.35. The Labute approximate surface area is 211 Å². The molecule has 2 heterocycles. The molecule has 1 aliphatic heterocycles. The van der Waals surface area contributed by atoms with E-state index in [9.17, 15) is 15.3 Å². The SMILES string of the molecule is CCC1C=CC(Cc2csc3cc(COC)c(C4S[C@H](CO)[C@@H](O)C(O)[C@H]4I)cc23)=CC1. The van der Waals surface area contributed by atoms with Crippen LogP contribution >= 0.6 is 45.7 Å². The molecule has 1 fully saturated rings. The van der Waals surface area contributed by atoms with Crippen molar-refractivity contribution < 1.29 is 20.1 Å². The number of thiophene rings is 1. The minimum absolute atomic E-state index is 0.0347. The molecule has 1 aromatic carbocycles. The predicted octanol–water partition coefficient (Wildman–Crippen LogP) is 5.18. The summed E-state index contributed by atoms with van der Waals surface area (Å²) in [5.41, 5.74) is 4.93. The van der Waals surface area contributed by atoms with Crippen LogP contribution in [0.3, 0.4) is 0 Å². The number of thioether (sulfide) groups is 1. The number of benzene rings is 1. The number of methoxy groups -OCH3 is 1. The molecular weight excluding hydrogens is 555 g/mol. The monoisotopic (exact) mass is 586 g/mol. The van der Waals surface area contributed by atoms with Gasteiger partial charge in [-0.2, -0.15) is 0 Å². The highest BCUT2D eigenvalue weighted by atomic mass is 127. The third-order valence-electron chi connectivity index (χ3n) is 6.55. The first-order valence-corrected chi connectivity index (χ1v) is 14.2. The fraction of sp³-hybridized carbons (Fsp3) is 0.520. The zero-order valence-corrected chi connectivity index (χ0v) is 22.2. The first-order chi connectivity index (χ1) is 15.5. The lowest BCUT2D eigenvalue weighted by Gasteiger charge is -2.40. The number of fused-ring (bicyclic) bond motifs is 1. The number of allylic oxidation sites excluding steroid dienone is 4. The Balaban J connectivity index is 1.70. The lowest BCUT2D eigenvalue weighted by molar-refractivity contribution is 0.00601. The molecule has 174 valence electrons. The first kappa shape index (κ1) is 24.7. The average Bonchev–Trinajstić information content (AvgIpc) is 3.19. The minimum atomic E-state index is -0.925. The number of hydrogen-bond donors (Lipinski definition) is 3. The molecule has 2 aliphatic rings. The van der Waals surface area contributed by atoms with Crippen molar-refractivity contribution in [3.8, 4) is 0 Å². The maximum Gasteiger partial charge on any atom is 0.0950 e. The Hall–Kier alpha value is -0.420. The summed E-state index contributed by atoms with van der Waals surface area (Å²) in [6.45, 7) is 2.57. The Kier molecular flexibility index (Phi) is 8.40. The molecule has 0 bridgehead atoms. The van der Waals surface area contributed by atoms with Crippen molar-refractivity contribution in [2.45, 2.75) is 59.4 Å². The van der Waals surface area contributed by atoms with Gasteiger partial charge < -0.3 is 20.1 Å². The smallest absolute Gasteiger partial charge is 0.0950 e. The molecule has 1 aliphatic carbocycles. The summed E-state index contributed by atoms with van der Waals surface area (Å²) in [6.07, 6.45) is 8.41. The number of hydrogen-bond acceptors (Lipinski definition) is 6. The molecule has 4 nitrogen and oxygen atoms in total. The predicted molar refractivity (Wildman–Crippen MR) is 143 cm³/mol. The largest absolute Gasteiger partial charge is 0.395 e. The standard InChI is InChI=1S/C25H31IO4S2/c1-3-14-4-6-15(7-5-14)8-17-13-31-20-9-16(12-30-2)19(10-18(17)20)25-22(26)24(29)23(28)21(11-27)32-25/h4,6-7,9-10,13-14,21-25,27-29H,3,5,8,11-12H2,1-2H3/t14?,21-,22-,23-,24?,25?/m1/s1. The van der Waals surface area contributed by atoms with E-state index in [1.807, 2.05) is 0 Å². The normalized spacial score (nSPS) is 30.6. The van der Waals surface area contributed by atoms with Gasteiger partial charge in [0.05, 0.1) is 34.6 Å². The lowest BCUT2D eigenvalue weighted by atomic mass is 9.91. The maximum atomic E-state index is 10.7. The highest BCUT2D eigenvalue weighted by Crippen LogP contribution is 2.48. The molecule has 3 unspecified atom stereocenters. The Morgan fingerprint density at radius 3 is 2.66 bits per heavy atom. The van der Waals surface area contributed by atoms with E-state index >= 15 is 0 Å². The van der Waals surface area contributed by atoms with Crippen molar-refractivity contribution >= 4 is 55.8 Å². The minimum Gasteiger partial charge on any atom is -0.395 e. The summed E-state index contributed by atoms with van der Waals surface area (Å²) in [7, 11) is 1.70. The van der Waals surface area contributed by atoms with Crippen LogP contribution in [0, 0.1) is 5.92 Å². The molecule has 3 N–H and O–H groups in total. The van der Waals surface area contributed by atoms with Crippen molar-refractivity contribution in [1.29, 1.82) is 0 Å². The molecule has 7 heteroatoms. The van der Waals surface area contributed by atoms with Crippen LogP contribution in [0.1, 0.15) is 41.7 Å². The molecule has 0 saturated carbocycles. The van der Waals surface area contributed by atoms with Gasteiger partial charge in [0.2, 0.25) is 0 Å². The molecule has 32 heavy (non-hydrogen) atoms. The molecule has 0 radical (unpaired) electrons. The van der Waals surface area contributed by atoms with Gasteiger partial charge in [0.25, 0.3) is 0 Å². The van der Waals surface area contributed by atoms with Crippen LogP contribution in [0.15, 0.2) is 41.3 Å². The Morgan fingerprint density at radius 2 is 2.00 bits per heavy atom. The average molecular weight is 587 g/mol. The van der Waals surface area contributed by atoms with Gasteiger partial charge in [-0.3, -0.25) is 0 Å². The second-order valence-corrected chi connectivity index (χ2v) is 12.4. The number of halogens is 1. The van der Waals surface area contributed by atoms with E-state index in [0.717, 1.165) is 24.0 Å². The van der Waals surface area contributed by atoms with Crippen molar-refractivity contribution in [2.75, 3.05) is 13.7 Å². The van der Waals surface area contributed by atoms with E-state index in [4.69, 9.17) is 4.74 Å². The number of aliphatic hydroxyl groups excluding tert-OH is 3. The number of aliphatic hydroxyl groups is 3. The summed E-state index contributed by atoms with van der Waals surface area (Å²) in [5.74, 6) is 0.659. The van der Waals surface area contributed by atoms with Crippen LogP contribution < -0.4 is 0 Å². The summed E-state index contributed by atoms with van der Waals surface area (Å²) in [6, 6.07) is 4.48. The third kappa shape index (κ3) is 4.99. The second-order valence-electron chi connectivity index (χ2n) is 8.66. The zero-order chi connectivity index (χ0) is 22.8. The molecular formula is C25H31IO4S2. The summed E-state index contributed by atoms with van der Waals surface area (Å²) in [4.78, 5) is 0. The van der Waals surface area contributed by atoms with Gasteiger partial charge in [0.1, 0.15) is 0 Å². The van der Waals surface area contributed by atoms with Crippen LogP contribution in [-0.2, 0) is 17.8 Å². The topological polar surface area (TPSA) is 69.9 Å². The van der Waals surface area contributed by atoms with Crippen molar-refractivity contribution in [2.24, 2.45) is 5.92 Å². The van der Waals surface area contributed by atoms with Crippen LogP contribution in [0.25, 0.3) is 10.1 Å². The van der Waals surface area contributed by atoms with Crippen LogP contribution in [-0.4, -0.2) is 50.4 Å². The Bertz CT molecular complexity index is 999. The molecule has 0 amide bonds. The van der Waals surface area contributed by atoms with E-state index in [2.05, 4.69) is 65.3 Å². The Morgan fingerprint density at radius 1 is 1.19 bits per heavy atom. The first-order valence-electron chi connectivity index (χ1n) is 11.1. The van der Waals surface area contributed by atoms with E-state index < -0.39 is 17.5 Å². The number of alkyl halides is 1. The van der Waals surface area contributed by atoms with E-state index in [0.29, 0.717) is 12.5 Å². The fourth-order valence-electron chi connectivity index (χ4n) is 4.56. The highest BCUT2D eigenvalue weighted by molar-refractivity contribution is 14.1. The van der Waals surface area contributed by atoms with Gasteiger partial charge in [-0.05, 0) is 70.3 Å². The van der Waals surface area contributed by atoms with E-state index in [1.165, 1.54) is 27.6 Å². The van der Waals surface area contributed by atoms with Gasteiger partial charge in [-0.25, -0.2) is 0 Å². The van der Waals surface area contributed by atoms with Gasteiger partial charge in [0, 0.05) is 17.1 Å². The number of ether oxygens (including phenoxy) is 1. The van der Waals surface area contributed by atoms with Crippen molar-refractivity contribution in [3.05, 3.63) is 58.0 Å². The van der Waals surface area contributed by atoms with Crippen molar-refractivity contribution in [1.82, 2.24) is 0 Å². The summed E-state index contributed by atoms with van der Waals surface area (Å²) in [5, 5.41) is 33.9. The van der Waals surface area contributed by atoms with Crippen molar-refractivity contribution in [3.63, 3.8) is 0 Å². The molecule has 1 aromatic heterocycles. The maximum absolute atomic E-state index is 10.7. The van der Waals surface area contributed by atoms with Gasteiger partial charge in [-0.1, -0.05) is 47.7 Å². The van der Waals surface area contributed by atoms with Crippen LogP contribution in [0.2, 0.25) is 0 Å². The quantitative estimate of drug-likeness (QED) is 0.309. The lowest BCUT2D eigenvalue weighted by Crippen LogP contribution is -2.49. The molecule has 0 spiro atoms. The molecule has 2 aromatic rings. The van der Waals surface area contributed by atoms with Gasteiger partial charge >= 0.3 is 0 Å². The van der Waals surface area contributed by atoms with Crippen LogP contribution in [0.4, 0.5) is 0 Å². The number of rotatable bonds is 7. The van der Waals surface area contributed by atoms with E-state index in [1.54, 1.807) is 30.2 Å². The summed E-state index contributed by atoms with van der Waals surface area (Å²) < 4.78 is 6.58. The van der Waals surface area contributed by atoms with Gasteiger partial charge in [0.15, 0.2) is 0 Å².